The van der Waals surface area contributed by atoms with Crippen LogP contribution >= 0.6 is 0 Å². The molecule has 2 aliphatic rings. The van der Waals surface area contributed by atoms with Crippen LogP contribution in [0, 0.1) is 18.8 Å². The minimum Gasteiger partial charge on any atom is -0.455 e. The zero-order chi connectivity index (χ0) is 15.2. The van der Waals surface area contributed by atoms with E-state index >= 15 is 0 Å². The Hall–Kier alpha value is -1.34. The molecule has 6 nitrogen and oxygen atoms in total. The molecular formula is C14H20N2O4S. The normalized spacial score (nSPS) is 18.8. The number of primary sulfonamides is 1. The van der Waals surface area contributed by atoms with E-state index in [1.807, 2.05) is 0 Å². The van der Waals surface area contributed by atoms with Gasteiger partial charge in [0.15, 0.2) is 5.76 Å². The zero-order valence-electron chi connectivity index (χ0n) is 12.0. The van der Waals surface area contributed by atoms with Crippen LogP contribution in [0.1, 0.15) is 42.0 Å². The van der Waals surface area contributed by atoms with Crippen LogP contribution in [0.2, 0.25) is 0 Å². The van der Waals surface area contributed by atoms with Crippen molar-refractivity contribution in [2.45, 2.75) is 37.5 Å². The van der Waals surface area contributed by atoms with Crippen molar-refractivity contribution >= 4 is 15.9 Å². The van der Waals surface area contributed by atoms with Gasteiger partial charge in [-0.2, -0.15) is 0 Å². The summed E-state index contributed by atoms with van der Waals surface area (Å²) in [5, 5.41) is 5.12. The van der Waals surface area contributed by atoms with Crippen LogP contribution in [0.15, 0.2) is 15.4 Å². The Kier molecular flexibility index (Phi) is 3.57. The Bertz CT molecular complexity index is 643. The number of hydrogen-bond acceptors (Lipinski definition) is 4. The first-order valence-electron chi connectivity index (χ1n) is 7.27. The van der Waals surface area contributed by atoms with Gasteiger partial charge < -0.3 is 9.32 Å². The van der Waals surface area contributed by atoms with Crippen LogP contribution in [0.25, 0.3) is 0 Å². The predicted octanol–water partition coefficient (Wildman–Crippen LogP) is 1.50. The Balaban J connectivity index is 1.81. The number of nitrogens with zero attached hydrogens (tertiary/aromatic N) is 1. The van der Waals surface area contributed by atoms with Crippen molar-refractivity contribution < 1.29 is 17.6 Å². The van der Waals surface area contributed by atoms with E-state index in [-0.39, 0.29) is 22.3 Å². The molecule has 1 aromatic rings. The Morgan fingerprint density at radius 1 is 1.29 bits per heavy atom. The fourth-order valence-electron chi connectivity index (χ4n) is 2.47. The highest BCUT2D eigenvalue weighted by Gasteiger charge is 2.33. The lowest BCUT2D eigenvalue weighted by Gasteiger charge is -2.21. The highest BCUT2D eigenvalue weighted by atomic mass is 32.2. The number of sulfonamides is 1. The van der Waals surface area contributed by atoms with Crippen LogP contribution < -0.4 is 5.14 Å². The van der Waals surface area contributed by atoms with Gasteiger partial charge in [0.2, 0.25) is 10.0 Å². The van der Waals surface area contributed by atoms with Crippen molar-refractivity contribution in [2.24, 2.45) is 17.0 Å². The quantitative estimate of drug-likeness (QED) is 0.861. The van der Waals surface area contributed by atoms with Crippen molar-refractivity contribution in [1.29, 1.82) is 0 Å². The third-order valence-electron chi connectivity index (χ3n) is 4.03. The molecule has 1 heterocycles. The summed E-state index contributed by atoms with van der Waals surface area (Å²) < 4.78 is 28.2. The van der Waals surface area contributed by atoms with Gasteiger partial charge in [0.1, 0.15) is 10.7 Å². The summed E-state index contributed by atoms with van der Waals surface area (Å²) in [4.78, 5) is 14.3. The van der Waals surface area contributed by atoms with Gasteiger partial charge in [-0.05, 0) is 44.4 Å². The minimum atomic E-state index is -3.86. The van der Waals surface area contributed by atoms with Crippen molar-refractivity contribution in [2.75, 3.05) is 13.1 Å². The highest BCUT2D eigenvalue weighted by Crippen LogP contribution is 2.34. The molecular weight excluding hydrogens is 292 g/mol. The molecule has 0 spiro atoms. The first-order chi connectivity index (χ1) is 9.84. The van der Waals surface area contributed by atoms with E-state index in [1.165, 1.54) is 13.0 Å². The Morgan fingerprint density at radius 2 is 1.81 bits per heavy atom. The zero-order valence-corrected chi connectivity index (χ0v) is 12.9. The minimum absolute atomic E-state index is 0.0674. The first-order valence-corrected chi connectivity index (χ1v) is 8.81. The lowest BCUT2D eigenvalue weighted by molar-refractivity contribution is 0.0706. The maximum absolute atomic E-state index is 12.6. The average molecular weight is 312 g/mol. The van der Waals surface area contributed by atoms with E-state index in [2.05, 4.69) is 0 Å². The van der Waals surface area contributed by atoms with E-state index in [1.54, 1.807) is 4.90 Å². The second-order valence-corrected chi connectivity index (χ2v) is 7.70. The van der Waals surface area contributed by atoms with Crippen LogP contribution in [-0.4, -0.2) is 32.3 Å². The fourth-order valence-corrected chi connectivity index (χ4v) is 3.19. The Labute approximate surface area is 124 Å². The van der Waals surface area contributed by atoms with Crippen molar-refractivity contribution in [3.05, 3.63) is 17.6 Å². The molecule has 2 aliphatic carbocycles. The van der Waals surface area contributed by atoms with Crippen molar-refractivity contribution in [1.82, 2.24) is 4.90 Å². The molecule has 0 aliphatic heterocycles. The van der Waals surface area contributed by atoms with Crippen LogP contribution in [0.4, 0.5) is 0 Å². The smallest absolute Gasteiger partial charge is 0.289 e. The second-order valence-electron chi connectivity index (χ2n) is 6.17. The third-order valence-corrected chi connectivity index (χ3v) is 5.05. The summed E-state index contributed by atoms with van der Waals surface area (Å²) in [6.45, 7) is 2.97. The van der Waals surface area contributed by atoms with E-state index < -0.39 is 10.0 Å². The lowest BCUT2D eigenvalue weighted by atomic mass is 10.2. The largest absolute Gasteiger partial charge is 0.455 e. The first kappa shape index (κ1) is 14.6. The molecule has 2 saturated carbocycles. The molecule has 0 unspecified atom stereocenters. The van der Waals surface area contributed by atoms with Gasteiger partial charge in [-0.3, -0.25) is 4.79 Å². The number of aryl methyl sites for hydroxylation is 1. The number of furan rings is 1. The monoisotopic (exact) mass is 312 g/mol. The predicted molar refractivity (Wildman–Crippen MR) is 76.2 cm³/mol. The van der Waals surface area contributed by atoms with Crippen LogP contribution in [-0.2, 0) is 10.0 Å². The average Bonchev–Trinajstić information content (AvgIpc) is 3.29. The van der Waals surface area contributed by atoms with Gasteiger partial charge in [0, 0.05) is 19.2 Å². The standard InChI is InChI=1S/C14H20N2O4S/c1-9-13(21(15,18)19)6-12(20-9)14(17)16(7-10-2-3-10)8-11-4-5-11/h6,10-11H,2-5,7-8H2,1H3,(H2,15,18,19). The molecule has 2 fully saturated rings. The number of amides is 1. The molecule has 3 rings (SSSR count). The SMILES string of the molecule is Cc1oc(C(=O)N(CC2CC2)CC2CC2)cc1S(N)(=O)=O. The molecule has 0 aromatic carbocycles. The molecule has 1 aromatic heterocycles. The van der Waals surface area contributed by atoms with Gasteiger partial charge in [-0.25, -0.2) is 13.6 Å². The molecule has 0 atom stereocenters. The van der Waals surface area contributed by atoms with Gasteiger partial charge in [-0.15, -0.1) is 0 Å². The molecule has 0 bridgehead atoms. The van der Waals surface area contributed by atoms with Crippen molar-refractivity contribution in [3.63, 3.8) is 0 Å². The van der Waals surface area contributed by atoms with E-state index in [0.717, 1.165) is 38.8 Å². The molecule has 7 heteroatoms. The second kappa shape index (κ2) is 5.14. The van der Waals surface area contributed by atoms with Gasteiger partial charge >= 0.3 is 0 Å². The number of rotatable bonds is 6. The summed E-state index contributed by atoms with van der Waals surface area (Å²) in [5.41, 5.74) is 0. The molecule has 0 radical (unpaired) electrons. The van der Waals surface area contributed by atoms with Gasteiger partial charge in [0.05, 0.1) is 0 Å². The number of carbonyl (C=O) groups excluding carboxylic acids is 1. The van der Waals surface area contributed by atoms with Crippen LogP contribution in [0.3, 0.4) is 0 Å². The van der Waals surface area contributed by atoms with Gasteiger partial charge in [0.25, 0.3) is 5.91 Å². The van der Waals surface area contributed by atoms with Crippen LogP contribution in [0.5, 0.6) is 0 Å². The van der Waals surface area contributed by atoms with E-state index in [0.29, 0.717) is 11.8 Å². The summed E-state index contributed by atoms with van der Waals surface area (Å²) in [5.74, 6) is 1.17. The summed E-state index contributed by atoms with van der Waals surface area (Å²) in [6.07, 6.45) is 4.64. The number of hydrogen-bond donors (Lipinski definition) is 1. The molecule has 116 valence electrons. The third kappa shape index (κ3) is 3.47. The van der Waals surface area contributed by atoms with Gasteiger partial charge in [-0.1, -0.05) is 0 Å². The molecule has 21 heavy (non-hydrogen) atoms. The fraction of sp³-hybridized carbons (Fsp3) is 0.643. The Morgan fingerprint density at radius 3 is 2.19 bits per heavy atom. The maximum Gasteiger partial charge on any atom is 0.289 e. The maximum atomic E-state index is 12.6. The lowest BCUT2D eigenvalue weighted by Crippen LogP contribution is -2.34. The molecule has 2 N–H and O–H groups in total. The topological polar surface area (TPSA) is 93.6 Å². The van der Waals surface area contributed by atoms with E-state index in [9.17, 15) is 13.2 Å². The van der Waals surface area contributed by atoms with E-state index in [4.69, 9.17) is 9.56 Å². The summed E-state index contributed by atoms with van der Waals surface area (Å²) >= 11 is 0. The molecule has 0 saturated heterocycles. The summed E-state index contributed by atoms with van der Waals surface area (Å²) in [6, 6.07) is 1.25. The summed E-state index contributed by atoms with van der Waals surface area (Å²) in [7, 11) is -3.86. The number of nitrogens with two attached hydrogens (primary N) is 1. The number of carbonyl (C=O) groups is 1. The molecule has 1 amide bonds. The highest BCUT2D eigenvalue weighted by molar-refractivity contribution is 7.89. The van der Waals surface area contributed by atoms with Crippen molar-refractivity contribution in [3.8, 4) is 0 Å².